The third-order valence-corrected chi connectivity index (χ3v) is 5.67. The maximum atomic E-state index is 12.5. The predicted octanol–water partition coefficient (Wildman–Crippen LogP) is 1.30. The fourth-order valence-corrected chi connectivity index (χ4v) is 3.97. The van der Waals surface area contributed by atoms with Gasteiger partial charge in [0.1, 0.15) is 11.6 Å². The molecule has 9 nitrogen and oxygen atoms in total. The number of nitrogens with zero attached hydrogens (tertiary/aromatic N) is 3. The van der Waals surface area contributed by atoms with Crippen molar-refractivity contribution in [2.24, 2.45) is 5.92 Å². The molecule has 1 heterocycles. The van der Waals surface area contributed by atoms with E-state index in [9.17, 15) is 18.0 Å². The van der Waals surface area contributed by atoms with Crippen LogP contribution in [0.2, 0.25) is 0 Å². The molecule has 10 heteroatoms. The summed E-state index contributed by atoms with van der Waals surface area (Å²) in [5.41, 5.74) is -0.0369. The Balaban J connectivity index is 1.75. The Hall–Kier alpha value is -3.11. The average molecular weight is 416 g/mol. The second kappa shape index (κ2) is 8.50. The van der Waals surface area contributed by atoms with Crippen LogP contribution in [0.25, 0.3) is 10.9 Å². The number of aromatic nitrogens is 3. The summed E-state index contributed by atoms with van der Waals surface area (Å²) in [5, 5.41) is 7.99. The first-order valence-corrected chi connectivity index (χ1v) is 10.3. The number of sulfonamides is 1. The van der Waals surface area contributed by atoms with Gasteiger partial charge >= 0.3 is 5.97 Å². The van der Waals surface area contributed by atoms with Crippen molar-refractivity contribution in [3.05, 3.63) is 65.0 Å². The van der Waals surface area contributed by atoms with Gasteiger partial charge in [0.05, 0.1) is 10.3 Å². The molecule has 3 rings (SSSR count). The third-order valence-electron chi connectivity index (χ3n) is 4.21. The monoisotopic (exact) mass is 416 g/mol. The normalized spacial score (nSPS) is 12.8. The maximum absolute atomic E-state index is 12.5. The van der Waals surface area contributed by atoms with Gasteiger partial charge in [-0.05, 0) is 30.2 Å². The molecule has 3 aromatic rings. The second-order valence-electron chi connectivity index (χ2n) is 6.66. The molecule has 0 unspecified atom stereocenters. The van der Waals surface area contributed by atoms with E-state index in [0.717, 1.165) is 4.68 Å². The van der Waals surface area contributed by atoms with Gasteiger partial charge in [0.25, 0.3) is 5.56 Å². The summed E-state index contributed by atoms with van der Waals surface area (Å²) in [5.74, 6) is -1.21. The van der Waals surface area contributed by atoms with Gasteiger partial charge < -0.3 is 4.74 Å². The molecule has 29 heavy (non-hydrogen) atoms. The molecule has 0 aliphatic heterocycles. The molecule has 0 fully saturated rings. The number of carbonyl (C=O) groups is 1. The number of benzene rings is 2. The summed E-state index contributed by atoms with van der Waals surface area (Å²) in [7, 11) is -3.92. The second-order valence-corrected chi connectivity index (χ2v) is 8.37. The van der Waals surface area contributed by atoms with E-state index in [4.69, 9.17) is 4.74 Å². The first kappa shape index (κ1) is 20.6. The third kappa shape index (κ3) is 4.66. The lowest BCUT2D eigenvalue weighted by atomic mass is 10.1. The number of carbonyl (C=O) groups excluding carboxylic acids is 1. The Labute approximate surface area is 167 Å². The molecule has 1 N–H and O–H groups in total. The van der Waals surface area contributed by atoms with Crippen molar-refractivity contribution in [2.45, 2.75) is 31.5 Å². The van der Waals surface area contributed by atoms with Crippen molar-refractivity contribution in [3.8, 4) is 0 Å². The van der Waals surface area contributed by atoms with Crippen LogP contribution in [0.3, 0.4) is 0 Å². The Bertz CT molecular complexity index is 1180. The van der Waals surface area contributed by atoms with E-state index in [1.165, 1.54) is 12.1 Å². The van der Waals surface area contributed by atoms with Gasteiger partial charge in [-0.15, -0.1) is 5.10 Å². The largest absolute Gasteiger partial charge is 0.441 e. The van der Waals surface area contributed by atoms with Crippen molar-refractivity contribution in [1.29, 1.82) is 0 Å². The molecule has 0 spiro atoms. The highest BCUT2D eigenvalue weighted by Gasteiger charge is 2.29. The van der Waals surface area contributed by atoms with Gasteiger partial charge in [0.2, 0.25) is 10.0 Å². The molecule has 1 atom stereocenters. The zero-order valence-electron chi connectivity index (χ0n) is 15.8. The number of esters is 1. The minimum atomic E-state index is -3.92. The molecule has 0 saturated carbocycles. The van der Waals surface area contributed by atoms with Crippen LogP contribution in [0, 0.1) is 5.92 Å². The standard InChI is InChI=1S/C19H20N4O5S/c1-13(2)17(21-29(26,27)14-8-4-3-5-9-14)19(25)28-12-23-18(24)15-10-6-7-11-16(15)20-22-23/h3-11,13,17,21H,12H2,1-2H3/t17-/m1/s1. The minimum absolute atomic E-state index is 0.0371. The molecule has 0 saturated heterocycles. The lowest BCUT2D eigenvalue weighted by Crippen LogP contribution is -2.45. The zero-order chi connectivity index (χ0) is 21.0. The van der Waals surface area contributed by atoms with Gasteiger partial charge in [0, 0.05) is 0 Å². The molecule has 0 aliphatic carbocycles. The molecule has 152 valence electrons. The molecule has 1 aromatic heterocycles. The van der Waals surface area contributed by atoms with Crippen molar-refractivity contribution in [1.82, 2.24) is 19.7 Å². The van der Waals surface area contributed by atoms with Gasteiger partial charge in [0.15, 0.2) is 6.73 Å². The summed E-state index contributed by atoms with van der Waals surface area (Å²) in [6.45, 7) is 2.88. The highest BCUT2D eigenvalue weighted by molar-refractivity contribution is 7.89. The van der Waals surface area contributed by atoms with E-state index in [1.807, 2.05) is 0 Å². The van der Waals surface area contributed by atoms with Crippen LogP contribution in [-0.2, 0) is 26.3 Å². The van der Waals surface area contributed by atoms with Gasteiger partial charge in [-0.1, -0.05) is 49.4 Å². The molecule has 0 bridgehead atoms. The van der Waals surface area contributed by atoms with Crippen LogP contribution in [0.4, 0.5) is 0 Å². The lowest BCUT2D eigenvalue weighted by molar-refractivity contribution is -0.151. The number of fused-ring (bicyclic) bond motifs is 1. The first-order valence-electron chi connectivity index (χ1n) is 8.86. The summed E-state index contributed by atoms with van der Waals surface area (Å²) in [6, 6.07) is 13.2. The number of ether oxygens (including phenoxy) is 1. The predicted molar refractivity (Wildman–Crippen MR) is 105 cm³/mol. The number of hydrogen-bond acceptors (Lipinski definition) is 7. The van der Waals surface area contributed by atoms with Crippen molar-refractivity contribution < 1.29 is 17.9 Å². The Morgan fingerprint density at radius 3 is 2.45 bits per heavy atom. The number of nitrogens with one attached hydrogen (secondary N) is 1. The zero-order valence-corrected chi connectivity index (χ0v) is 16.7. The Morgan fingerprint density at radius 1 is 1.10 bits per heavy atom. The van der Waals surface area contributed by atoms with E-state index in [0.29, 0.717) is 10.9 Å². The van der Waals surface area contributed by atoms with Crippen LogP contribution >= 0.6 is 0 Å². The highest BCUT2D eigenvalue weighted by Crippen LogP contribution is 2.12. The SMILES string of the molecule is CC(C)[C@@H](NS(=O)(=O)c1ccccc1)C(=O)OCn1nnc2ccccc2c1=O. The summed E-state index contributed by atoms with van der Waals surface area (Å²) >= 11 is 0. The van der Waals surface area contributed by atoms with Crippen molar-refractivity contribution >= 4 is 26.9 Å². The average Bonchev–Trinajstić information content (AvgIpc) is 2.72. The van der Waals surface area contributed by atoms with Crippen LogP contribution in [-0.4, -0.2) is 35.4 Å². The topological polar surface area (TPSA) is 120 Å². The summed E-state index contributed by atoms with van der Waals surface area (Å²) in [4.78, 5) is 25.0. The van der Waals surface area contributed by atoms with Crippen LogP contribution < -0.4 is 10.3 Å². The minimum Gasteiger partial charge on any atom is -0.441 e. The van der Waals surface area contributed by atoms with Crippen LogP contribution in [0.15, 0.2) is 64.3 Å². The highest BCUT2D eigenvalue weighted by atomic mass is 32.2. The van der Waals surface area contributed by atoms with Gasteiger partial charge in [-0.2, -0.15) is 9.40 Å². The number of rotatable bonds is 7. The lowest BCUT2D eigenvalue weighted by Gasteiger charge is -2.20. The molecular weight excluding hydrogens is 396 g/mol. The Kier molecular flexibility index (Phi) is 6.04. The van der Waals surface area contributed by atoms with E-state index < -0.39 is 34.3 Å². The van der Waals surface area contributed by atoms with E-state index in [1.54, 1.807) is 56.3 Å². The van der Waals surface area contributed by atoms with Crippen molar-refractivity contribution in [2.75, 3.05) is 0 Å². The molecule has 0 radical (unpaired) electrons. The van der Waals surface area contributed by atoms with Gasteiger partial charge in [-0.3, -0.25) is 9.59 Å². The molecular formula is C19H20N4O5S. The quantitative estimate of drug-likeness (QED) is 0.576. The maximum Gasteiger partial charge on any atom is 0.326 e. The number of hydrogen-bond donors (Lipinski definition) is 1. The van der Waals surface area contributed by atoms with E-state index in [-0.39, 0.29) is 10.8 Å². The summed E-state index contributed by atoms with van der Waals surface area (Å²) < 4.78 is 33.5. The molecule has 2 aromatic carbocycles. The smallest absolute Gasteiger partial charge is 0.326 e. The Morgan fingerprint density at radius 2 is 1.76 bits per heavy atom. The molecule has 0 aliphatic rings. The first-order chi connectivity index (χ1) is 13.8. The van der Waals surface area contributed by atoms with Crippen LogP contribution in [0.1, 0.15) is 13.8 Å². The van der Waals surface area contributed by atoms with Crippen LogP contribution in [0.5, 0.6) is 0 Å². The van der Waals surface area contributed by atoms with Gasteiger partial charge in [-0.25, -0.2) is 8.42 Å². The fourth-order valence-electron chi connectivity index (χ4n) is 2.61. The summed E-state index contributed by atoms with van der Waals surface area (Å²) in [6.07, 6.45) is 0. The fraction of sp³-hybridized carbons (Fsp3) is 0.263. The van der Waals surface area contributed by atoms with E-state index >= 15 is 0 Å². The molecule has 0 amide bonds. The van der Waals surface area contributed by atoms with E-state index in [2.05, 4.69) is 15.0 Å². The van der Waals surface area contributed by atoms with Crippen molar-refractivity contribution in [3.63, 3.8) is 0 Å².